The molecule has 0 unspecified atom stereocenters. The molecule has 9 heteroatoms. The molecule has 0 spiro atoms. The number of hydrogen-bond donors (Lipinski definition) is 2. The largest absolute Gasteiger partial charge is 0.353 e. The lowest BCUT2D eigenvalue weighted by Crippen LogP contribution is -2.45. The number of benzene rings is 1. The third kappa shape index (κ3) is 6.02. The van der Waals surface area contributed by atoms with Crippen molar-refractivity contribution in [3.63, 3.8) is 0 Å². The second kappa shape index (κ2) is 9.45. The number of sulfonamides is 1. The molecule has 7 nitrogen and oxygen atoms in total. The number of nitrogens with one attached hydrogen (secondary N) is 2. The van der Waals surface area contributed by atoms with Crippen LogP contribution in [0.25, 0.3) is 0 Å². The Hall–Kier alpha value is -1.97. The Labute approximate surface area is 183 Å². The molecule has 0 saturated carbocycles. The average Bonchev–Trinajstić information content (AvgIpc) is 3.23. The maximum Gasteiger partial charge on any atom is 0.240 e. The van der Waals surface area contributed by atoms with Crippen LogP contribution in [0.5, 0.6) is 0 Å². The van der Waals surface area contributed by atoms with Gasteiger partial charge in [0, 0.05) is 43.7 Å². The first kappa shape index (κ1) is 22.7. The minimum absolute atomic E-state index is 0.0375. The molecule has 1 aliphatic heterocycles. The van der Waals surface area contributed by atoms with E-state index in [0.29, 0.717) is 0 Å². The van der Waals surface area contributed by atoms with Crippen LogP contribution in [-0.2, 0) is 20.2 Å². The number of amides is 1. The monoisotopic (exact) mass is 450 g/mol. The van der Waals surface area contributed by atoms with Crippen molar-refractivity contribution in [2.24, 2.45) is 0 Å². The molecule has 0 bridgehead atoms. The van der Waals surface area contributed by atoms with E-state index < -0.39 is 10.0 Å². The van der Waals surface area contributed by atoms with E-state index >= 15 is 0 Å². The number of thiazole rings is 1. The van der Waals surface area contributed by atoms with E-state index in [0.717, 1.165) is 36.6 Å². The van der Waals surface area contributed by atoms with Crippen molar-refractivity contribution in [2.45, 2.75) is 56.4 Å². The lowest BCUT2D eigenvalue weighted by atomic mass is 9.87. The first-order valence-corrected chi connectivity index (χ1v) is 12.6. The quantitative estimate of drug-likeness (QED) is 0.677. The summed E-state index contributed by atoms with van der Waals surface area (Å²) in [5.74, 6) is -0.131. The van der Waals surface area contributed by atoms with Crippen LogP contribution in [0, 0.1) is 0 Å². The molecule has 1 aliphatic rings. The normalized spacial score (nSPS) is 15.9. The Morgan fingerprint density at radius 2 is 1.87 bits per heavy atom. The lowest BCUT2D eigenvalue weighted by Gasteiger charge is -2.32. The number of carbonyl (C=O) groups is 1. The van der Waals surface area contributed by atoms with E-state index in [4.69, 9.17) is 0 Å². The van der Waals surface area contributed by atoms with Crippen LogP contribution in [0.4, 0.5) is 5.13 Å². The summed E-state index contributed by atoms with van der Waals surface area (Å²) in [6.45, 7) is 8.03. The minimum Gasteiger partial charge on any atom is -0.353 e. The van der Waals surface area contributed by atoms with Crippen LogP contribution in [-0.4, -0.2) is 45.0 Å². The van der Waals surface area contributed by atoms with Gasteiger partial charge in [-0.15, -0.1) is 11.3 Å². The summed E-state index contributed by atoms with van der Waals surface area (Å²) < 4.78 is 27.4. The molecule has 2 N–H and O–H groups in total. The number of piperidine rings is 1. The Bertz CT molecular complexity index is 928. The number of carbonyl (C=O) groups excluding carboxylic acids is 1. The second-order valence-electron chi connectivity index (χ2n) is 8.57. The van der Waals surface area contributed by atoms with Gasteiger partial charge in [-0.2, -0.15) is 0 Å². The van der Waals surface area contributed by atoms with E-state index in [1.54, 1.807) is 29.7 Å². The molecule has 0 aliphatic carbocycles. The van der Waals surface area contributed by atoms with Crippen LogP contribution in [0.2, 0.25) is 0 Å². The fourth-order valence-corrected chi connectivity index (χ4v) is 5.13. The zero-order valence-corrected chi connectivity index (χ0v) is 19.4. The smallest absolute Gasteiger partial charge is 0.240 e. The molecule has 2 aromatic rings. The molecule has 30 heavy (non-hydrogen) atoms. The molecule has 1 aromatic heterocycles. The fourth-order valence-electron chi connectivity index (χ4n) is 3.40. The molecule has 164 valence electrons. The van der Waals surface area contributed by atoms with Crippen LogP contribution in [0.3, 0.4) is 0 Å². The standard InChI is InChI=1S/C21H30N4O3S2/c1-21(2,3)16-4-6-18(7-5-16)30(27,28)23-11-8-19(26)24-17-9-13-25(14-10-17)20-22-12-15-29-20/h4-7,12,15,17,23H,8-11,13-14H2,1-3H3,(H,24,26). The SMILES string of the molecule is CC(C)(C)c1ccc(S(=O)(=O)NCCC(=O)NC2CCN(c3nccs3)CC2)cc1. The summed E-state index contributed by atoms with van der Waals surface area (Å²) in [5, 5.41) is 6.00. The first-order valence-electron chi connectivity index (χ1n) is 10.2. The Kier molecular flexibility index (Phi) is 7.15. The van der Waals surface area contributed by atoms with Gasteiger partial charge in [0.25, 0.3) is 0 Å². The summed E-state index contributed by atoms with van der Waals surface area (Å²) in [6.07, 6.45) is 3.63. The Balaban J connectivity index is 1.42. The molecule has 0 atom stereocenters. The highest BCUT2D eigenvalue weighted by atomic mass is 32.2. The third-order valence-corrected chi connectivity index (χ3v) is 7.53. The van der Waals surface area contributed by atoms with Crippen molar-refractivity contribution in [3.8, 4) is 0 Å². The van der Waals surface area contributed by atoms with Crippen molar-refractivity contribution in [1.29, 1.82) is 0 Å². The summed E-state index contributed by atoms with van der Waals surface area (Å²) in [7, 11) is -3.63. The predicted molar refractivity (Wildman–Crippen MR) is 120 cm³/mol. The zero-order chi connectivity index (χ0) is 21.8. The van der Waals surface area contributed by atoms with Crippen molar-refractivity contribution in [2.75, 3.05) is 24.5 Å². The first-order chi connectivity index (χ1) is 14.1. The van der Waals surface area contributed by atoms with Gasteiger partial charge in [0.15, 0.2) is 5.13 Å². The van der Waals surface area contributed by atoms with Crippen molar-refractivity contribution in [1.82, 2.24) is 15.0 Å². The summed E-state index contributed by atoms with van der Waals surface area (Å²) in [4.78, 5) is 19.0. The van der Waals surface area contributed by atoms with Crippen molar-refractivity contribution < 1.29 is 13.2 Å². The molecule has 0 radical (unpaired) electrons. The van der Waals surface area contributed by atoms with Gasteiger partial charge in [0.1, 0.15) is 0 Å². The van der Waals surface area contributed by atoms with Gasteiger partial charge in [0.05, 0.1) is 4.90 Å². The van der Waals surface area contributed by atoms with Gasteiger partial charge in [-0.1, -0.05) is 32.9 Å². The van der Waals surface area contributed by atoms with Crippen LogP contribution >= 0.6 is 11.3 Å². The molecule has 1 saturated heterocycles. The maximum absolute atomic E-state index is 12.5. The van der Waals surface area contributed by atoms with Gasteiger partial charge in [-0.3, -0.25) is 4.79 Å². The van der Waals surface area contributed by atoms with Gasteiger partial charge in [-0.05, 0) is 36.0 Å². The van der Waals surface area contributed by atoms with Crippen LogP contribution < -0.4 is 14.9 Å². The highest BCUT2D eigenvalue weighted by molar-refractivity contribution is 7.89. The van der Waals surface area contributed by atoms with Crippen molar-refractivity contribution in [3.05, 3.63) is 41.4 Å². The van der Waals surface area contributed by atoms with E-state index in [9.17, 15) is 13.2 Å². The highest BCUT2D eigenvalue weighted by Crippen LogP contribution is 2.24. The number of rotatable bonds is 7. The number of anilines is 1. The fraction of sp³-hybridized carbons (Fsp3) is 0.524. The topological polar surface area (TPSA) is 91.4 Å². The number of aromatic nitrogens is 1. The summed E-state index contributed by atoms with van der Waals surface area (Å²) in [6, 6.07) is 7.01. The number of nitrogens with zero attached hydrogens (tertiary/aromatic N) is 2. The Morgan fingerprint density at radius 3 is 2.43 bits per heavy atom. The second-order valence-corrected chi connectivity index (χ2v) is 11.2. The van der Waals surface area contributed by atoms with Crippen LogP contribution in [0.1, 0.15) is 45.6 Å². The van der Waals surface area contributed by atoms with E-state index in [-0.39, 0.29) is 35.2 Å². The van der Waals surface area contributed by atoms with Gasteiger partial charge < -0.3 is 10.2 Å². The van der Waals surface area contributed by atoms with E-state index in [1.165, 1.54) is 0 Å². The zero-order valence-electron chi connectivity index (χ0n) is 17.7. The summed E-state index contributed by atoms with van der Waals surface area (Å²) in [5.41, 5.74) is 1.03. The minimum atomic E-state index is -3.63. The molecular formula is C21H30N4O3S2. The third-order valence-electron chi connectivity index (χ3n) is 5.22. The van der Waals surface area contributed by atoms with Gasteiger partial charge in [-0.25, -0.2) is 18.1 Å². The number of hydrogen-bond acceptors (Lipinski definition) is 6. The maximum atomic E-state index is 12.5. The molecular weight excluding hydrogens is 420 g/mol. The van der Waals surface area contributed by atoms with Crippen LogP contribution in [0.15, 0.2) is 40.7 Å². The molecule has 3 rings (SSSR count). The highest BCUT2D eigenvalue weighted by Gasteiger charge is 2.22. The molecule has 1 amide bonds. The van der Waals surface area contributed by atoms with Gasteiger partial charge >= 0.3 is 0 Å². The predicted octanol–water partition coefficient (Wildman–Crippen LogP) is 2.89. The Morgan fingerprint density at radius 1 is 1.20 bits per heavy atom. The molecule has 1 aromatic carbocycles. The van der Waals surface area contributed by atoms with E-state index in [1.807, 2.05) is 17.5 Å². The molecule has 1 fully saturated rings. The van der Waals surface area contributed by atoms with Crippen molar-refractivity contribution >= 4 is 32.4 Å². The van der Waals surface area contributed by atoms with Gasteiger partial charge in [0.2, 0.25) is 15.9 Å². The summed E-state index contributed by atoms with van der Waals surface area (Å²) >= 11 is 1.62. The lowest BCUT2D eigenvalue weighted by molar-refractivity contribution is -0.121. The van der Waals surface area contributed by atoms with E-state index in [2.05, 4.69) is 40.7 Å². The average molecular weight is 451 g/mol. The molecule has 2 heterocycles.